The Hall–Kier alpha value is -3.54. The standard InChI is InChI=1S/C17H25N5O7/c1-8(23)13(16(28)29)22-15(27)11(3-2-6-20-17(18)19)21-14(26)10-7-9(24)4-5-12(10)25/h4-5,7-8,11,13,23-25H,2-3,6H2,1H3,(H,21,26)(H,22,27)(H,28,29)(H4,18,19,20)/t8-,11+,13+/m1/s1. The van der Waals surface area contributed by atoms with Crippen LogP contribution in [0, 0.1) is 0 Å². The molecule has 0 bridgehead atoms. The van der Waals surface area contributed by atoms with E-state index < -0.39 is 41.7 Å². The third kappa shape index (κ3) is 7.54. The first-order chi connectivity index (χ1) is 13.5. The third-order valence-corrected chi connectivity index (χ3v) is 3.84. The molecule has 12 heteroatoms. The number of carbonyl (C=O) groups excluding carboxylic acids is 2. The van der Waals surface area contributed by atoms with E-state index in [1.807, 2.05) is 0 Å². The lowest BCUT2D eigenvalue weighted by atomic mass is 10.1. The number of guanidine groups is 1. The molecule has 10 N–H and O–H groups in total. The molecule has 160 valence electrons. The highest BCUT2D eigenvalue weighted by molar-refractivity contribution is 6.00. The molecule has 12 nitrogen and oxygen atoms in total. The number of nitrogens with one attached hydrogen (secondary N) is 2. The first-order valence-corrected chi connectivity index (χ1v) is 8.62. The van der Waals surface area contributed by atoms with Crippen molar-refractivity contribution in [2.75, 3.05) is 6.54 Å². The molecule has 0 fully saturated rings. The van der Waals surface area contributed by atoms with Crippen LogP contribution in [0.25, 0.3) is 0 Å². The molecule has 0 aromatic heterocycles. The summed E-state index contributed by atoms with van der Waals surface area (Å²) in [5.74, 6) is -4.04. The summed E-state index contributed by atoms with van der Waals surface area (Å²) in [7, 11) is 0. The Morgan fingerprint density at radius 2 is 1.83 bits per heavy atom. The van der Waals surface area contributed by atoms with E-state index in [1.165, 1.54) is 13.0 Å². The first-order valence-electron chi connectivity index (χ1n) is 8.62. The van der Waals surface area contributed by atoms with Gasteiger partial charge in [-0.2, -0.15) is 0 Å². The second-order valence-corrected chi connectivity index (χ2v) is 6.24. The predicted molar refractivity (Wildman–Crippen MR) is 102 cm³/mol. The second-order valence-electron chi connectivity index (χ2n) is 6.24. The van der Waals surface area contributed by atoms with Gasteiger partial charge >= 0.3 is 5.97 Å². The minimum atomic E-state index is -1.59. The van der Waals surface area contributed by atoms with Crippen LogP contribution in [-0.2, 0) is 9.59 Å². The zero-order chi connectivity index (χ0) is 22.1. The van der Waals surface area contributed by atoms with Crippen LogP contribution in [0.1, 0.15) is 30.1 Å². The Balaban J connectivity index is 2.98. The van der Waals surface area contributed by atoms with E-state index in [9.17, 15) is 29.7 Å². The highest BCUT2D eigenvalue weighted by atomic mass is 16.4. The molecule has 0 unspecified atom stereocenters. The van der Waals surface area contributed by atoms with Crippen molar-refractivity contribution in [3.05, 3.63) is 23.8 Å². The number of carbonyl (C=O) groups is 3. The van der Waals surface area contributed by atoms with Crippen molar-refractivity contribution in [3.8, 4) is 11.5 Å². The molecular weight excluding hydrogens is 386 g/mol. The van der Waals surface area contributed by atoms with E-state index in [4.69, 9.17) is 16.6 Å². The van der Waals surface area contributed by atoms with Crippen molar-refractivity contribution in [2.24, 2.45) is 16.5 Å². The van der Waals surface area contributed by atoms with Crippen LogP contribution >= 0.6 is 0 Å². The summed E-state index contributed by atoms with van der Waals surface area (Å²) in [6.45, 7) is 1.34. The quantitative estimate of drug-likeness (QED) is 0.0940. The van der Waals surface area contributed by atoms with Crippen molar-refractivity contribution >= 4 is 23.7 Å². The number of aliphatic carboxylic acids is 1. The van der Waals surface area contributed by atoms with Crippen molar-refractivity contribution < 1.29 is 34.8 Å². The Labute approximate surface area is 166 Å². The van der Waals surface area contributed by atoms with Gasteiger partial charge in [-0.25, -0.2) is 4.79 Å². The number of carboxylic acids is 1. The molecular formula is C17H25N5O7. The molecule has 0 aliphatic rings. The van der Waals surface area contributed by atoms with E-state index >= 15 is 0 Å². The lowest BCUT2D eigenvalue weighted by Crippen LogP contribution is -2.54. The van der Waals surface area contributed by atoms with Gasteiger partial charge in [0.25, 0.3) is 5.91 Å². The maximum atomic E-state index is 12.5. The summed E-state index contributed by atoms with van der Waals surface area (Å²) in [6, 6.07) is 0.472. The number of hydrogen-bond acceptors (Lipinski definition) is 7. The molecule has 0 saturated heterocycles. The number of aliphatic hydroxyl groups excluding tert-OH is 1. The van der Waals surface area contributed by atoms with Crippen LogP contribution in [0.2, 0.25) is 0 Å². The molecule has 0 aliphatic carbocycles. The van der Waals surface area contributed by atoms with Crippen LogP contribution < -0.4 is 22.1 Å². The highest BCUT2D eigenvalue weighted by Gasteiger charge is 2.29. The monoisotopic (exact) mass is 411 g/mol. The summed E-state index contributed by atoms with van der Waals surface area (Å²) in [4.78, 5) is 39.9. The van der Waals surface area contributed by atoms with Crippen molar-refractivity contribution in [1.29, 1.82) is 0 Å². The van der Waals surface area contributed by atoms with Gasteiger partial charge in [-0.15, -0.1) is 0 Å². The summed E-state index contributed by atoms with van der Waals surface area (Å²) in [6.07, 6.45) is -1.10. The smallest absolute Gasteiger partial charge is 0.328 e. The summed E-state index contributed by atoms with van der Waals surface area (Å²) in [5, 5.41) is 42.4. The summed E-state index contributed by atoms with van der Waals surface area (Å²) < 4.78 is 0. The lowest BCUT2D eigenvalue weighted by molar-refractivity contribution is -0.145. The number of aliphatic hydroxyl groups is 1. The number of phenolic OH excluding ortho intramolecular Hbond substituents is 2. The molecule has 0 saturated carbocycles. The van der Waals surface area contributed by atoms with E-state index in [0.717, 1.165) is 12.1 Å². The number of hydrogen-bond donors (Lipinski definition) is 8. The van der Waals surface area contributed by atoms with Crippen LogP contribution in [0.15, 0.2) is 23.2 Å². The van der Waals surface area contributed by atoms with Gasteiger partial charge in [0, 0.05) is 6.54 Å². The number of amides is 2. The molecule has 1 rings (SSSR count). The SMILES string of the molecule is C[C@@H](O)[C@H](NC(=O)[C@H](CCCN=C(N)N)NC(=O)c1cc(O)ccc1O)C(=O)O. The van der Waals surface area contributed by atoms with Gasteiger partial charge in [-0.05, 0) is 38.0 Å². The van der Waals surface area contributed by atoms with E-state index in [0.29, 0.717) is 0 Å². The topological polar surface area (TPSA) is 221 Å². The maximum absolute atomic E-state index is 12.5. The molecule has 0 aliphatic heterocycles. The third-order valence-electron chi connectivity index (χ3n) is 3.84. The minimum absolute atomic E-state index is 0.0279. The number of benzene rings is 1. The van der Waals surface area contributed by atoms with Crippen molar-refractivity contribution in [1.82, 2.24) is 10.6 Å². The Morgan fingerprint density at radius 1 is 1.17 bits per heavy atom. The number of aliphatic imine (C=N–C) groups is 1. The number of phenols is 2. The molecule has 0 heterocycles. The van der Waals surface area contributed by atoms with Crippen LogP contribution in [0.5, 0.6) is 11.5 Å². The van der Waals surface area contributed by atoms with Gasteiger partial charge in [0.1, 0.15) is 17.5 Å². The number of nitrogens with zero attached hydrogens (tertiary/aromatic N) is 1. The molecule has 29 heavy (non-hydrogen) atoms. The first kappa shape index (κ1) is 23.5. The van der Waals surface area contributed by atoms with Crippen LogP contribution in [0.3, 0.4) is 0 Å². The van der Waals surface area contributed by atoms with Crippen molar-refractivity contribution in [3.63, 3.8) is 0 Å². The van der Waals surface area contributed by atoms with Crippen LogP contribution in [-0.4, -0.2) is 68.9 Å². The van der Waals surface area contributed by atoms with Gasteiger partial charge in [-0.3, -0.25) is 14.6 Å². The zero-order valence-electron chi connectivity index (χ0n) is 15.7. The lowest BCUT2D eigenvalue weighted by Gasteiger charge is -2.23. The van der Waals surface area contributed by atoms with E-state index in [-0.39, 0.29) is 36.7 Å². The molecule has 1 aromatic carbocycles. The van der Waals surface area contributed by atoms with Crippen LogP contribution in [0.4, 0.5) is 0 Å². The molecule has 3 atom stereocenters. The number of nitrogens with two attached hydrogens (primary N) is 2. The Morgan fingerprint density at radius 3 is 2.38 bits per heavy atom. The fourth-order valence-corrected chi connectivity index (χ4v) is 2.36. The highest BCUT2D eigenvalue weighted by Crippen LogP contribution is 2.22. The largest absolute Gasteiger partial charge is 0.508 e. The molecule has 0 spiro atoms. The number of aromatic hydroxyl groups is 2. The van der Waals surface area contributed by atoms with Gasteiger partial charge in [0.05, 0.1) is 11.7 Å². The summed E-state index contributed by atoms with van der Waals surface area (Å²) in [5.41, 5.74) is 10.2. The molecule has 2 amide bonds. The average Bonchev–Trinajstić information content (AvgIpc) is 2.62. The van der Waals surface area contributed by atoms with Gasteiger partial charge in [0.2, 0.25) is 5.91 Å². The zero-order valence-corrected chi connectivity index (χ0v) is 15.7. The van der Waals surface area contributed by atoms with Crippen molar-refractivity contribution in [2.45, 2.75) is 38.0 Å². The minimum Gasteiger partial charge on any atom is -0.508 e. The normalized spacial score (nSPS) is 13.6. The molecule has 0 radical (unpaired) electrons. The number of carboxylic acid groups (broad SMARTS) is 1. The molecule has 1 aromatic rings. The van der Waals surface area contributed by atoms with E-state index in [1.54, 1.807) is 0 Å². The van der Waals surface area contributed by atoms with E-state index in [2.05, 4.69) is 15.6 Å². The van der Waals surface area contributed by atoms with Gasteiger partial charge in [-0.1, -0.05) is 0 Å². The predicted octanol–water partition coefficient (Wildman–Crippen LogP) is -1.80. The van der Waals surface area contributed by atoms with Gasteiger partial charge in [0.15, 0.2) is 12.0 Å². The summed E-state index contributed by atoms with van der Waals surface area (Å²) >= 11 is 0. The average molecular weight is 411 g/mol. The van der Waals surface area contributed by atoms with Gasteiger partial charge < -0.3 is 42.5 Å². The Kier molecular flexibility index (Phi) is 8.68. The fraction of sp³-hybridized carbons (Fsp3) is 0.412. The second kappa shape index (κ2) is 10.7. The maximum Gasteiger partial charge on any atom is 0.328 e. The fourth-order valence-electron chi connectivity index (χ4n) is 2.36. The number of rotatable bonds is 10. The Bertz CT molecular complexity index is 777.